The van der Waals surface area contributed by atoms with Gasteiger partial charge in [-0.1, -0.05) is 0 Å². The molecule has 2 aliphatic rings. The zero-order valence-corrected chi connectivity index (χ0v) is 18.1. The van der Waals surface area contributed by atoms with Crippen molar-refractivity contribution in [2.75, 3.05) is 25.5 Å². The van der Waals surface area contributed by atoms with E-state index < -0.39 is 28.5 Å². The number of piperidine rings is 1. The fraction of sp³-hybridized carbons (Fsp3) is 0.632. The Hall–Kier alpha value is -2.15. The summed E-state index contributed by atoms with van der Waals surface area (Å²) in [5.41, 5.74) is -0.0496. The van der Waals surface area contributed by atoms with E-state index in [-0.39, 0.29) is 24.4 Å². The Labute approximate surface area is 179 Å². The number of halogens is 1. The molecule has 0 aromatic carbocycles. The highest BCUT2D eigenvalue weighted by Crippen LogP contribution is 2.32. The van der Waals surface area contributed by atoms with Gasteiger partial charge in [-0.25, -0.2) is 14.1 Å². The average molecular weight is 455 g/mol. The number of hydrogen-bond donors (Lipinski definition) is 3. The largest absolute Gasteiger partial charge is 0.393 e. The molecular weight excluding hydrogens is 427 g/mol. The zero-order valence-electron chi connectivity index (χ0n) is 17.2. The third-order valence-corrected chi connectivity index (χ3v) is 7.65. The van der Waals surface area contributed by atoms with E-state index in [1.807, 2.05) is 0 Å². The predicted octanol–water partition coefficient (Wildman–Crippen LogP) is 0.556. The molecule has 0 bridgehead atoms. The summed E-state index contributed by atoms with van der Waals surface area (Å²) in [7, 11) is -2.06. The maximum atomic E-state index is 14.7. The van der Waals surface area contributed by atoms with Crippen LogP contribution in [0.25, 0.3) is 11.0 Å². The number of aromatic nitrogens is 3. The molecule has 0 spiro atoms. The molecule has 2 fully saturated rings. The van der Waals surface area contributed by atoms with Crippen LogP contribution in [0.1, 0.15) is 38.1 Å². The van der Waals surface area contributed by atoms with E-state index in [1.54, 1.807) is 12.3 Å². The number of alkyl halides is 1. The first-order valence-corrected chi connectivity index (χ1v) is 11.9. The van der Waals surface area contributed by atoms with Crippen LogP contribution in [0.15, 0.2) is 23.1 Å². The predicted molar refractivity (Wildman–Crippen MR) is 114 cm³/mol. The molecule has 10 nitrogen and oxygen atoms in total. The number of anilines is 1. The standard InChI is InChI=1S/C19H27FN6O4S/c1-21-31(29,30)25-8-6-13(7-9-25)23-19-22-11-12-2-5-17(28)26(18(12)24-19)16-10-14(27)3-4-15(16)20/h2,5,11,13-16,21,27H,3-4,6-10H2,1H3,(H,22,23,24)/t14-,15+,16+/m0/s1. The van der Waals surface area contributed by atoms with Gasteiger partial charge in [-0.2, -0.15) is 17.7 Å². The molecule has 0 radical (unpaired) electrons. The van der Waals surface area contributed by atoms with E-state index in [4.69, 9.17) is 0 Å². The first-order valence-electron chi connectivity index (χ1n) is 10.4. The van der Waals surface area contributed by atoms with Crippen LogP contribution in [-0.4, -0.2) is 70.8 Å². The van der Waals surface area contributed by atoms with Crippen LogP contribution in [0.3, 0.4) is 0 Å². The minimum Gasteiger partial charge on any atom is -0.393 e. The minimum absolute atomic E-state index is 0.0323. The molecule has 12 heteroatoms. The lowest BCUT2D eigenvalue weighted by Gasteiger charge is -2.32. The van der Waals surface area contributed by atoms with Crippen molar-refractivity contribution in [3.63, 3.8) is 0 Å². The van der Waals surface area contributed by atoms with Gasteiger partial charge in [0.1, 0.15) is 11.8 Å². The van der Waals surface area contributed by atoms with Crippen molar-refractivity contribution in [3.05, 3.63) is 28.7 Å². The number of aliphatic hydroxyl groups is 1. The molecule has 170 valence electrons. The van der Waals surface area contributed by atoms with E-state index in [9.17, 15) is 22.7 Å². The Kier molecular flexibility index (Phi) is 6.24. The highest BCUT2D eigenvalue weighted by molar-refractivity contribution is 7.87. The maximum Gasteiger partial charge on any atom is 0.279 e. The first kappa shape index (κ1) is 22.1. The summed E-state index contributed by atoms with van der Waals surface area (Å²) in [6.07, 6.45) is 1.56. The molecule has 1 saturated heterocycles. The summed E-state index contributed by atoms with van der Waals surface area (Å²) >= 11 is 0. The summed E-state index contributed by atoms with van der Waals surface area (Å²) in [5.74, 6) is 0.300. The van der Waals surface area contributed by atoms with Gasteiger partial charge in [0.25, 0.3) is 15.8 Å². The number of rotatable bonds is 5. The Morgan fingerprint density at radius 3 is 2.65 bits per heavy atom. The second-order valence-corrected chi connectivity index (χ2v) is 9.97. The van der Waals surface area contributed by atoms with E-state index in [2.05, 4.69) is 20.0 Å². The smallest absolute Gasteiger partial charge is 0.279 e. The molecule has 1 aliphatic heterocycles. The van der Waals surface area contributed by atoms with Gasteiger partial charge in [0.15, 0.2) is 0 Å². The van der Waals surface area contributed by atoms with Crippen molar-refractivity contribution < 1.29 is 17.9 Å². The lowest BCUT2D eigenvalue weighted by molar-refractivity contribution is 0.0555. The van der Waals surface area contributed by atoms with Crippen molar-refractivity contribution in [1.29, 1.82) is 0 Å². The fourth-order valence-electron chi connectivity index (χ4n) is 4.34. The van der Waals surface area contributed by atoms with Gasteiger partial charge in [-0.3, -0.25) is 9.36 Å². The number of nitrogens with zero attached hydrogens (tertiary/aromatic N) is 4. The van der Waals surface area contributed by atoms with Gasteiger partial charge in [0, 0.05) is 43.8 Å². The zero-order chi connectivity index (χ0) is 22.2. The van der Waals surface area contributed by atoms with Crippen LogP contribution in [0.2, 0.25) is 0 Å². The number of nitrogens with one attached hydrogen (secondary N) is 2. The highest BCUT2D eigenvalue weighted by atomic mass is 32.2. The number of fused-ring (bicyclic) bond motifs is 1. The summed E-state index contributed by atoms with van der Waals surface area (Å²) in [6, 6.07) is 2.16. The van der Waals surface area contributed by atoms with Crippen molar-refractivity contribution in [1.82, 2.24) is 23.6 Å². The minimum atomic E-state index is -3.45. The van der Waals surface area contributed by atoms with Gasteiger partial charge < -0.3 is 10.4 Å². The monoisotopic (exact) mass is 454 g/mol. The average Bonchev–Trinajstić information content (AvgIpc) is 2.76. The summed E-state index contributed by atoms with van der Waals surface area (Å²) in [4.78, 5) is 21.4. The summed E-state index contributed by atoms with van der Waals surface area (Å²) in [6.45, 7) is 0.727. The molecule has 0 unspecified atom stereocenters. The van der Waals surface area contributed by atoms with Crippen LogP contribution in [0.5, 0.6) is 0 Å². The lowest BCUT2D eigenvalue weighted by Crippen LogP contribution is -2.46. The highest BCUT2D eigenvalue weighted by Gasteiger charge is 2.33. The molecule has 0 amide bonds. The molecule has 31 heavy (non-hydrogen) atoms. The van der Waals surface area contributed by atoms with Gasteiger partial charge in [-0.15, -0.1) is 0 Å². The molecule has 2 aromatic heterocycles. The second-order valence-electron chi connectivity index (χ2n) is 8.09. The molecule has 1 aliphatic carbocycles. The van der Waals surface area contributed by atoms with E-state index >= 15 is 0 Å². The Balaban J connectivity index is 1.58. The van der Waals surface area contributed by atoms with Crippen LogP contribution in [0.4, 0.5) is 10.3 Å². The molecule has 2 aromatic rings. The first-order chi connectivity index (χ1) is 14.8. The maximum absolute atomic E-state index is 14.7. The molecular formula is C19H27FN6O4S. The number of hydrogen-bond acceptors (Lipinski definition) is 7. The molecule has 3 N–H and O–H groups in total. The molecule has 4 rings (SSSR count). The topological polar surface area (TPSA) is 129 Å². The third kappa shape index (κ3) is 4.56. The van der Waals surface area contributed by atoms with E-state index in [1.165, 1.54) is 22.0 Å². The number of aliphatic hydroxyl groups excluding tert-OH is 1. The summed E-state index contributed by atoms with van der Waals surface area (Å²) in [5, 5.41) is 13.8. The van der Waals surface area contributed by atoms with Crippen LogP contribution >= 0.6 is 0 Å². The van der Waals surface area contributed by atoms with Crippen molar-refractivity contribution in [2.24, 2.45) is 0 Å². The van der Waals surface area contributed by atoms with E-state index in [0.717, 1.165) is 0 Å². The number of pyridine rings is 1. The molecule has 3 atom stereocenters. The fourth-order valence-corrected chi connectivity index (χ4v) is 5.29. The lowest BCUT2D eigenvalue weighted by atomic mass is 9.91. The Bertz CT molecular complexity index is 1100. The van der Waals surface area contributed by atoms with E-state index in [0.29, 0.717) is 49.3 Å². The van der Waals surface area contributed by atoms with Crippen molar-refractivity contribution in [2.45, 2.75) is 56.5 Å². The SMILES string of the molecule is CNS(=O)(=O)N1CCC(Nc2ncc3ccc(=O)n([C@@H]4C[C@@H](O)CC[C@H]4F)c3n2)CC1. The molecule has 3 heterocycles. The third-order valence-electron chi connectivity index (χ3n) is 6.09. The second kappa shape index (κ2) is 8.77. The quantitative estimate of drug-likeness (QED) is 0.602. The van der Waals surface area contributed by atoms with Crippen molar-refractivity contribution >= 4 is 27.2 Å². The van der Waals surface area contributed by atoms with Crippen LogP contribution < -0.4 is 15.6 Å². The van der Waals surface area contributed by atoms with Gasteiger partial charge in [-0.05, 0) is 38.2 Å². The van der Waals surface area contributed by atoms with Gasteiger partial charge in [0.05, 0.1) is 12.1 Å². The van der Waals surface area contributed by atoms with Gasteiger partial charge >= 0.3 is 0 Å². The van der Waals surface area contributed by atoms with Crippen LogP contribution in [0, 0.1) is 0 Å². The van der Waals surface area contributed by atoms with Gasteiger partial charge in [0.2, 0.25) is 5.95 Å². The Morgan fingerprint density at radius 1 is 1.19 bits per heavy atom. The van der Waals surface area contributed by atoms with Crippen molar-refractivity contribution in [3.8, 4) is 0 Å². The van der Waals surface area contributed by atoms with Crippen LogP contribution in [-0.2, 0) is 10.2 Å². The normalized spacial score (nSPS) is 26.2. The summed E-state index contributed by atoms with van der Waals surface area (Å²) < 4.78 is 43.5. The Morgan fingerprint density at radius 2 is 1.94 bits per heavy atom. The molecule has 1 saturated carbocycles.